The summed E-state index contributed by atoms with van der Waals surface area (Å²) in [6, 6.07) is 7.89. The number of benzene rings is 1. The van der Waals surface area contributed by atoms with Crippen LogP contribution in [0.15, 0.2) is 30.6 Å². The van der Waals surface area contributed by atoms with Crippen molar-refractivity contribution in [3.05, 3.63) is 36.2 Å². The zero-order valence-corrected chi connectivity index (χ0v) is 13.4. The molecule has 2 rings (SSSR count). The fourth-order valence-corrected chi connectivity index (χ4v) is 3.44. The van der Waals surface area contributed by atoms with Crippen molar-refractivity contribution in [2.45, 2.75) is 38.7 Å². The van der Waals surface area contributed by atoms with Gasteiger partial charge in [-0.25, -0.2) is 0 Å². The third-order valence-electron chi connectivity index (χ3n) is 3.48. The van der Waals surface area contributed by atoms with Gasteiger partial charge in [0.2, 0.25) is 0 Å². The molecule has 0 saturated carbocycles. The minimum atomic E-state index is 0.891. The number of hydrogen-bond acceptors (Lipinski definition) is 2. The van der Waals surface area contributed by atoms with Gasteiger partial charge in [0.05, 0.1) is 11.0 Å². The summed E-state index contributed by atoms with van der Waals surface area (Å²) in [5.41, 5.74) is 3.40. The van der Waals surface area contributed by atoms with Crippen molar-refractivity contribution in [3.63, 3.8) is 0 Å². The highest BCUT2D eigenvalue weighted by molar-refractivity contribution is 6.08. The predicted molar refractivity (Wildman–Crippen MR) is 81.0 cm³/mol. The first-order chi connectivity index (χ1) is 8.79. The smallest absolute Gasteiger partial charge is 0.0889 e. The van der Waals surface area contributed by atoms with E-state index >= 15 is 0 Å². The molecule has 0 fully saturated rings. The molecule has 1 aromatic heterocycles. The van der Waals surface area contributed by atoms with Crippen LogP contribution in [0.2, 0.25) is 6.04 Å². The lowest BCUT2D eigenvalue weighted by atomic mass is 9.99. The molecule has 1 aromatic carbocycles. The Morgan fingerprint density at radius 3 is 2.67 bits per heavy atom. The minimum absolute atomic E-state index is 0.891. The monoisotopic (exact) mass is 258 g/mol. The van der Waals surface area contributed by atoms with Crippen LogP contribution in [0, 0.1) is 5.92 Å². The van der Waals surface area contributed by atoms with Crippen LogP contribution in [0.3, 0.4) is 0 Å². The zero-order valence-electron chi connectivity index (χ0n) is 11.4. The Kier molecular flexibility index (Phi) is 4.87. The van der Waals surface area contributed by atoms with Crippen LogP contribution in [0.25, 0.3) is 11.0 Å². The predicted octanol–water partition coefficient (Wildman–Crippen LogP) is 2.76. The maximum absolute atomic E-state index is 4.36. The van der Waals surface area contributed by atoms with Gasteiger partial charge in [0.15, 0.2) is 0 Å². The summed E-state index contributed by atoms with van der Waals surface area (Å²) in [4.78, 5) is 8.65. The summed E-state index contributed by atoms with van der Waals surface area (Å²) in [7, 11) is 1.35. The molecular weight excluding hydrogens is 236 g/mol. The normalized spacial score (nSPS) is 12.9. The van der Waals surface area contributed by atoms with E-state index in [1.165, 1.54) is 41.1 Å². The molecule has 2 nitrogen and oxygen atoms in total. The van der Waals surface area contributed by atoms with Crippen LogP contribution in [-0.4, -0.2) is 20.2 Å². The second-order valence-electron chi connectivity index (χ2n) is 5.17. The lowest BCUT2D eigenvalue weighted by Crippen LogP contribution is -1.96. The number of hydrogen-bond donors (Lipinski definition) is 0. The van der Waals surface area contributed by atoms with Crippen molar-refractivity contribution >= 4 is 21.3 Å². The molecule has 0 aliphatic rings. The largest absolute Gasteiger partial charge is 0.253 e. The average Bonchev–Trinajstić information content (AvgIpc) is 2.39. The lowest BCUT2D eigenvalue weighted by Gasteiger charge is -2.09. The molecule has 1 heterocycles. The molecule has 0 aliphatic carbocycles. The number of rotatable bonds is 6. The van der Waals surface area contributed by atoms with Crippen LogP contribution in [0.4, 0.5) is 0 Å². The molecule has 0 bridgehead atoms. The highest BCUT2D eigenvalue weighted by Gasteiger charge is 2.02. The number of fused-ring (bicyclic) bond motifs is 1. The fourth-order valence-electron chi connectivity index (χ4n) is 2.46. The Morgan fingerprint density at radius 2 is 1.89 bits per heavy atom. The Labute approximate surface area is 112 Å². The second-order valence-corrected chi connectivity index (χ2v) is 6.17. The van der Waals surface area contributed by atoms with E-state index in [-0.39, 0.29) is 0 Å². The van der Waals surface area contributed by atoms with E-state index < -0.39 is 0 Å². The Balaban J connectivity index is 1.91. The van der Waals surface area contributed by atoms with Crippen molar-refractivity contribution in [3.8, 4) is 0 Å². The SMILES string of the molecule is CC(CC[SiH3])CCCc1ccc2nccnc2c1. The third kappa shape index (κ3) is 3.64. The molecule has 1 atom stereocenters. The van der Waals surface area contributed by atoms with E-state index in [0.717, 1.165) is 23.4 Å². The Bertz CT molecular complexity index is 499. The second kappa shape index (κ2) is 6.64. The number of aromatic nitrogens is 2. The van der Waals surface area contributed by atoms with Crippen LogP contribution < -0.4 is 0 Å². The summed E-state index contributed by atoms with van der Waals surface area (Å²) < 4.78 is 0. The van der Waals surface area contributed by atoms with Gasteiger partial charge in [0, 0.05) is 22.6 Å². The molecule has 0 radical (unpaired) electrons. The quantitative estimate of drug-likeness (QED) is 0.745. The van der Waals surface area contributed by atoms with Gasteiger partial charge < -0.3 is 0 Å². The van der Waals surface area contributed by atoms with Crippen LogP contribution in [-0.2, 0) is 6.42 Å². The zero-order chi connectivity index (χ0) is 12.8. The molecule has 0 spiro atoms. The standard InChI is InChI=1S/C15H22N2Si/c1-12(7-10-18)3-2-4-13-5-6-14-15(11-13)17-9-8-16-14/h5-6,8-9,11-12H,2-4,7,10H2,1,18H3. The molecule has 1 unspecified atom stereocenters. The molecule has 0 saturated heterocycles. The summed E-state index contributed by atoms with van der Waals surface area (Å²) in [5.74, 6) is 0.891. The van der Waals surface area contributed by atoms with Gasteiger partial charge in [-0.15, -0.1) is 0 Å². The van der Waals surface area contributed by atoms with Crippen molar-refractivity contribution in [2.75, 3.05) is 0 Å². The van der Waals surface area contributed by atoms with Crippen molar-refractivity contribution < 1.29 is 0 Å². The average molecular weight is 258 g/mol. The summed E-state index contributed by atoms with van der Waals surface area (Å²) in [6.45, 7) is 2.38. The third-order valence-corrected chi connectivity index (χ3v) is 4.05. The molecule has 96 valence electrons. The fraction of sp³-hybridized carbons (Fsp3) is 0.467. The summed E-state index contributed by atoms with van der Waals surface area (Å²) in [5, 5.41) is 0. The van der Waals surface area contributed by atoms with Gasteiger partial charge in [-0.2, -0.15) is 0 Å². The van der Waals surface area contributed by atoms with Crippen molar-refractivity contribution in [1.82, 2.24) is 9.97 Å². The van der Waals surface area contributed by atoms with Gasteiger partial charge in [0.25, 0.3) is 0 Å². The molecular formula is C15H22N2Si. The van der Waals surface area contributed by atoms with Gasteiger partial charge in [-0.1, -0.05) is 31.9 Å². The first kappa shape index (κ1) is 13.2. The van der Waals surface area contributed by atoms with Gasteiger partial charge >= 0.3 is 0 Å². The first-order valence-electron chi connectivity index (χ1n) is 6.99. The van der Waals surface area contributed by atoms with E-state index in [4.69, 9.17) is 0 Å². The maximum atomic E-state index is 4.36. The van der Waals surface area contributed by atoms with Crippen LogP contribution in [0.1, 0.15) is 31.7 Å². The van der Waals surface area contributed by atoms with Gasteiger partial charge in [-0.05, 0) is 36.5 Å². The van der Waals surface area contributed by atoms with Crippen LogP contribution >= 0.6 is 0 Å². The van der Waals surface area contributed by atoms with E-state index in [2.05, 4.69) is 35.1 Å². The van der Waals surface area contributed by atoms with Gasteiger partial charge in [-0.3, -0.25) is 9.97 Å². The Hall–Kier alpha value is -1.22. The summed E-state index contributed by atoms with van der Waals surface area (Å²) in [6.07, 6.45) is 8.72. The Morgan fingerprint density at radius 1 is 1.11 bits per heavy atom. The molecule has 0 amide bonds. The van der Waals surface area contributed by atoms with Crippen LogP contribution in [0.5, 0.6) is 0 Å². The molecule has 2 aromatic rings. The highest BCUT2D eigenvalue weighted by atomic mass is 28.1. The van der Waals surface area contributed by atoms with E-state index in [1.54, 1.807) is 12.4 Å². The van der Waals surface area contributed by atoms with Gasteiger partial charge in [0.1, 0.15) is 0 Å². The van der Waals surface area contributed by atoms with E-state index in [9.17, 15) is 0 Å². The lowest BCUT2D eigenvalue weighted by molar-refractivity contribution is 0.496. The van der Waals surface area contributed by atoms with E-state index in [0.29, 0.717) is 0 Å². The summed E-state index contributed by atoms with van der Waals surface area (Å²) >= 11 is 0. The van der Waals surface area contributed by atoms with E-state index in [1.807, 2.05) is 0 Å². The van der Waals surface area contributed by atoms with Crippen molar-refractivity contribution in [2.24, 2.45) is 5.92 Å². The first-order valence-corrected chi connectivity index (χ1v) is 8.40. The molecule has 18 heavy (non-hydrogen) atoms. The minimum Gasteiger partial charge on any atom is -0.253 e. The molecule has 0 aliphatic heterocycles. The topological polar surface area (TPSA) is 25.8 Å². The number of aryl methyl sites for hydroxylation is 1. The molecule has 0 N–H and O–H groups in total. The number of nitrogens with zero attached hydrogens (tertiary/aromatic N) is 2. The maximum Gasteiger partial charge on any atom is 0.0889 e. The highest BCUT2D eigenvalue weighted by Crippen LogP contribution is 2.16. The van der Waals surface area contributed by atoms with Crippen molar-refractivity contribution in [1.29, 1.82) is 0 Å². The molecule has 3 heteroatoms.